The highest BCUT2D eigenvalue weighted by Crippen LogP contribution is 2.22. The van der Waals surface area contributed by atoms with E-state index in [2.05, 4.69) is 10.2 Å². The molecule has 0 aromatic carbocycles. The van der Waals surface area contributed by atoms with Gasteiger partial charge >= 0.3 is 6.18 Å². The van der Waals surface area contributed by atoms with E-state index in [4.69, 9.17) is 0 Å². The van der Waals surface area contributed by atoms with Crippen molar-refractivity contribution in [3.63, 3.8) is 0 Å². The molecule has 2 saturated heterocycles. The number of alkyl halides is 3. The van der Waals surface area contributed by atoms with Gasteiger partial charge in [0.25, 0.3) is 0 Å². The molecule has 2 fully saturated rings. The van der Waals surface area contributed by atoms with Crippen LogP contribution in [-0.4, -0.2) is 67.2 Å². The van der Waals surface area contributed by atoms with Gasteiger partial charge in [0.1, 0.15) is 0 Å². The summed E-state index contributed by atoms with van der Waals surface area (Å²) in [4.78, 5) is 15.4. The zero-order valence-electron chi connectivity index (χ0n) is 10.2. The molecule has 0 unspecified atom stereocenters. The molecule has 2 aliphatic heterocycles. The van der Waals surface area contributed by atoms with E-state index >= 15 is 0 Å². The maximum atomic E-state index is 12.0. The van der Waals surface area contributed by atoms with Gasteiger partial charge in [0.2, 0.25) is 5.91 Å². The molecule has 1 N–H and O–H groups in total. The van der Waals surface area contributed by atoms with Crippen LogP contribution in [0.15, 0.2) is 0 Å². The molecule has 0 aliphatic carbocycles. The Morgan fingerprint density at radius 1 is 1.17 bits per heavy atom. The lowest BCUT2D eigenvalue weighted by molar-refractivity contribution is -0.150. The van der Waals surface area contributed by atoms with Crippen molar-refractivity contribution in [3.05, 3.63) is 0 Å². The molecule has 0 radical (unpaired) electrons. The Kier molecular flexibility index (Phi) is 4.11. The maximum Gasteiger partial charge on any atom is 0.389 e. The van der Waals surface area contributed by atoms with Crippen molar-refractivity contribution < 1.29 is 18.0 Å². The van der Waals surface area contributed by atoms with Crippen LogP contribution in [0.25, 0.3) is 0 Å². The van der Waals surface area contributed by atoms with Crippen molar-refractivity contribution in [2.24, 2.45) is 0 Å². The summed E-state index contributed by atoms with van der Waals surface area (Å²) in [6, 6.07) is 0.539. The standard InChI is InChI=1S/C11H18F3N3O/c12-11(13,14)2-1-10(18)17-5-3-16(4-6-17)9-7-15-8-9/h9,15H,1-8H2. The molecule has 0 saturated carbocycles. The van der Waals surface area contributed by atoms with Crippen LogP contribution < -0.4 is 5.32 Å². The first-order valence-corrected chi connectivity index (χ1v) is 6.25. The summed E-state index contributed by atoms with van der Waals surface area (Å²) in [5, 5.41) is 3.18. The minimum absolute atomic E-state index is 0.376. The van der Waals surface area contributed by atoms with Crippen LogP contribution in [0, 0.1) is 0 Å². The molecule has 4 nitrogen and oxygen atoms in total. The molecule has 0 spiro atoms. The van der Waals surface area contributed by atoms with Crippen LogP contribution in [0.1, 0.15) is 12.8 Å². The van der Waals surface area contributed by atoms with Gasteiger partial charge in [-0.25, -0.2) is 0 Å². The number of nitrogens with one attached hydrogen (secondary N) is 1. The summed E-state index contributed by atoms with van der Waals surface area (Å²) in [6.45, 7) is 4.58. The summed E-state index contributed by atoms with van der Waals surface area (Å²) in [7, 11) is 0. The van der Waals surface area contributed by atoms with E-state index in [9.17, 15) is 18.0 Å². The molecule has 104 valence electrons. The normalized spacial score (nSPS) is 22.9. The van der Waals surface area contributed by atoms with Gasteiger partial charge in [-0.05, 0) is 0 Å². The summed E-state index contributed by atoms with van der Waals surface area (Å²) in [6.07, 6.45) is -5.68. The minimum atomic E-state index is -4.24. The van der Waals surface area contributed by atoms with Crippen LogP contribution in [-0.2, 0) is 4.79 Å². The highest BCUT2D eigenvalue weighted by atomic mass is 19.4. The topological polar surface area (TPSA) is 35.6 Å². The molecular weight excluding hydrogens is 247 g/mol. The number of piperazine rings is 1. The van der Waals surface area contributed by atoms with Crippen molar-refractivity contribution in [1.82, 2.24) is 15.1 Å². The Balaban J connectivity index is 1.70. The number of rotatable bonds is 3. The van der Waals surface area contributed by atoms with Gasteiger partial charge in [-0.3, -0.25) is 9.69 Å². The van der Waals surface area contributed by atoms with E-state index < -0.39 is 19.0 Å². The van der Waals surface area contributed by atoms with Gasteiger partial charge in [-0.2, -0.15) is 13.2 Å². The third-order valence-corrected chi connectivity index (χ3v) is 3.57. The zero-order chi connectivity index (χ0) is 13.2. The highest BCUT2D eigenvalue weighted by molar-refractivity contribution is 5.76. The zero-order valence-corrected chi connectivity index (χ0v) is 10.2. The molecular formula is C11H18F3N3O. The van der Waals surface area contributed by atoms with Crippen molar-refractivity contribution in [3.8, 4) is 0 Å². The molecule has 18 heavy (non-hydrogen) atoms. The number of carbonyl (C=O) groups is 1. The Morgan fingerprint density at radius 3 is 2.22 bits per heavy atom. The SMILES string of the molecule is O=C(CCC(F)(F)F)N1CCN(C2CNC2)CC1. The van der Waals surface area contributed by atoms with Crippen molar-refractivity contribution >= 4 is 5.91 Å². The van der Waals surface area contributed by atoms with E-state index in [1.54, 1.807) is 4.90 Å². The Morgan fingerprint density at radius 2 is 1.78 bits per heavy atom. The first kappa shape index (κ1) is 13.6. The molecule has 0 atom stereocenters. The molecule has 0 aromatic rings. The van der Waals surface area contributed by atoms with Crippen molar-refractivity contribution in [2.75, 3.05) is 39.3 Å². The number of amides is 1. The predicted octanol–water partition coefficient (Wildman–Crippen LogP) is 0.445. The number of halogens is 3. The van der Waals surface area contributed by atoms with Crippen LogP contribution in [0.3, 0.4) is 0 Å². The molecule has 7 heteroatoms. The number of hydrogen-bond acceptors (Lipinski definition) is 3. The molecule has 1 amide bonds. The smallest absolute Gasteiger partial charge is 0.340 e. The Labute approximate surface area is 104 Å². The lowest BCUT2D eigenvalue weighted by atomic mass is 10.1. The Hall–Kier alpha value is -0.820. The molecule has 2 rings (SSSR count). The molecule has 2 heterocycles. The molecule has 0 aromatic heterocycles. The third-order valence-electron chi connectivity index (χ3n) is 3.57. The average molecular weight is 265 g/mol. The fourth-order valence-corrected chi connectivity index (χ4v) is 2.27. The van der Waals surface area contributed by atoms with Crippen LogP contribution >= 0.6 is 0 Å². The van der Waals surface area contributed by atoms with E-state index in [0.717, 1.165) is 26.2 Å². The first-order chi connectivity index (χ1) is 8.46. The van der Waals surface area contributed by atoms with Crippen LogP contribution in [0.4, 0.5) is 13.2 Å². The number of hydrogen-bond donors (Lipinski definition) is 1. The second-order valence-electron chi connectivity index (χ2n) is 4.84. The highest BCUT2D eigenvalue weighted by Gasteiger charge is 2.32. The van der Waals surface area contributed by atoms with Gasteiger partial charge in [0.05, 0.1) is 6.42 Å². The van der Waals surface area contributed by atoms with E-state index in [1.807, 2.05) is 0 Å². The monoisotopic (exact) mass is 265 g/mol. The van der Waals surface area contributed by atoms with Gasteiger partial charge < -0.3 is 10.2 Å². The fourth-order valence-electron chi connectivity index (χ4n) is 2.27. The minimum Gasteiger partial charge on any atom is -0.340 e. The van der Waals surface area contributed by atoms with Crippen LogP contribution in [0.2, 0.25) is 0 Å². The van der Waals surface area contributed by atoms with Crippen LogP contribution in [0.5, 0.6) is 0 Å². The summed E-state index contributed by atoms with van der Waals surface area (Å²) < 4.78 is 36.1. The van der Waals surface area contributed by atoms with Crippen molar-refractivity contribution in [1.29, 1.82) is 0 Å². The molecule has 2 aliphatic rings. The lowest BCUT2D eigenvalue weighted by Crippen LogP contribution is -2.62. The van der Waals surface area contributed by atoms with Crippen molar-refractivity contribution in [2.45, 2.75) is 25.1 Å². The fraction of sp³-hybridized carbons (Fsp3) is 0.909. The second kappa shape index (κ2) is 5.44. The third kappa shape index (κ3) is 3.58. The van der Waals surface area contributed by atoms with E-state index in [0.29, 0.717) is 19.1 Å². The lowest BCUT2D eigenvalue weighted by Gasteiger charge is -2.43. The Bertz CT molecular complexity index is 296. The van der Waals surface area contributed by atoms with Gasteiger partial charge in [0.15, 0.2) is 0 Å². The first-order valence-electron chi connectivity index (χ1n) is 6.25. The average Bonchev–Trinajstić information content (AvgIpc) is 2.23. The summed E-state index contributed by atoms with van der Waals surface area (Å²) in [5.74, 6) is -0.376. The van der Waals surface area contributed by atoms with Gasteiger partial charge in [-0.1, -0.05) is 0 Å². The maximum absolute atomic E-state index is 12.0. The van der Waals surface area contributed by atoms with Gasteiger partial charge in [-0.15, -0.1) is 0 Å². The number of carbonyl (C=O) groups excluding carboxylic acids is 1. The predicted molar refractivity (Wildman–Crippen MR) is 60.1 cm³/mol. The second-order valence-corrected chi connectivity index (χ2v) is 4.84. The number of nitrogens with zero attached hydrogens (tertiary/aromatic N) is 2. The van der Waals surface area contributed by atoms with Gasteiger partial charge in [0, 0.05) is 51.7 Å². The summed E-state index contributed by atoms with van der Waals surface area (Å²) >= 11 is 0. The van der Waals surface area contributed by atoms with E-state index in [-0.39, 0.29) is 5.91 Å². The van der Waals surface area contributed by atoms with E-state index in [1.165, 1.54) is 0 Å². The largest absolute Gasteiger partial charge is 0.389 e. The quantitative estimate of drug-likeness (QED) is 0.804. The molecule has 0 bridgehead atoms. The summed E-state index contributed by atoms with van der Waals surface area (Å²) in [5.41, 5.74) is 0.